The molecule has 0 aliphatic carbocycles. The molecule has 3 rings (SSSR count). The van der Waals surface area contributed by atoms with Crippen LogP contribution < -0.4 is 5.73 Å². The Bertz CT molecular complexity index is 777. The largest absolute Gasteiger partial charge is 0.383 e. The van der Waals surface area contributed by atoms with Crippen molar-refractivity contribution in [3.63, 3.8) is 0 Å². The van der Waals surface area contributed by atoms with E-state index in [2.05, 4.69) is 72.5 Å². The van der Waals surface area contributed by atoms with Gasteiger partial charge in [-0.1, -0.05) is 32.9 Å². The maximum absolute atomic E-state index is 7.74. The average molecular weight is 450 g/mol. The SMILES string of the molecule is CC(C)(C)S.N=Cc1cc(-c2cnc(N)c(Br)c2)ccc1C1CCOCC1. The number of nitrogens with one attached hydrogen (secondary N) is 1. The summed E-state index contributed by atoms with van der Waals surface area (Å²) in [5, 5.41) is 7.74. The van der Waals surface area contributed by atoms with Gasteiger partial charge in [0.25, 0.3) is 0 Å². The number of thiol groups is 1. The summed E-state index contributed by atoms with van der Waals surface area (Å²) in [7, 11) is 0. The first kappa shape index (κ1) is 21.9. The molecule has 1 fully saturated rings. The molecule has 0 saturated carbocycles. The summed E-state index contributed by atoms with van der Waals surface area (Å²) in [5.41, 5.74) is 9.98. The fourth-order valence-corrected chi connectivity index (χ4v) is 3.22. The molecule has 6 heteroatoms. The molecule has 1 aromatic heterocycles. The number of nitrogens with zero attached hydrogens (tertiary/aromatic N) is 1. The molecule has 1 aromatic carbocycles. The number of anilines is 1. The van der Waals surface area contributed by atoms with Crippen LogP contribution in [0, 0.1) is 5.41 Å². The van der Waals surface area contributed by atoms with Gasteiger partial charge in [-0.3, -0.25) is 0 Å². The standard InChI is InChI=1S/C17H18BrN3O.C4H10S/c18-16-8-14(10-21-17(16)20)12-1-2-15(13(7-12)9-19)11-3-5-22-6-4-11;1-4(2,3)5/h1-2,7-11,19H,3-6H2,(H2,20,21);5H,1-3H3. The maximum Gasteiger partial charge on any atom is 0.137 e. The molecule has 1 saturated heterocycles. The number of hydrogen-bond acceptors (Lipinski definition) is 5. The van der Waals surface area contributed by atoms with Crippen molar-refractivity contribution in [3.8, 4) is 11.1 Å². The highest BCUT2D eigenvalue weighted by Crippen LogP contribution is 2.32. The first-order valence-corrected chi connectivity index (χ1v) is 10.3. The van der Waals surface area contributed by atoms with Gasteiger partial charge >= 0.3 is 0 Å². The van der Waals surface area contributed by atoms with E-state index in [0.29, 0.717) is 11.7 Å². The van der Waals surface area contributed by atoms with Gasteiger partial charge in [0.1, 0.15) is 5.82 Å². The Hall–Kier alpha value is -1.37. The van der Waals surface area contributed by atoms with Gasteiger partial charge in [0.15, 0.2) is 0 Å². The second-order valence-electron chi connectivity index (χ2n) is 7.64. The highest BCUT2D eigenvalue weighted by Gasteiger charge is 2.18. The van der Waals surface area contributed by atoms with Crippen molar-refractivity contribution in [1.82, 2.24) is 4.98 Å². The van der Waals surface area contributed by atoms with Crippen molar-refractivity contribution in [2.75, 3.05) is 18.9 Å². The molecule has 0 amide bonds. The Kier molecular flexibility index (Phi) is 7.89. The minimum Gasteiger partial charge on any atom is -0.383 e. The molecule has 2 aromatic rings. The molecular formula is C21H28BrN3OS. The Morgan fingerprint density at radius 1 is 1.22 bits per heavy atom. The molecular weight excluding hydrogens is 422 g/mol. The molecule has 0 unspecified atom stereocenters. The first-order chi connectivity index (χ1) is 12.7. The zero-order chi connectivity index (χ0) is 20.0. The van der Waals surface area contributed by atoms with Crippen molar-refractivity contribution < 1.29 is 4.74 Å². The van der Waals surface area contributed by atoms with Gasteiger partial charge in [0.05, 0.1) is 4.47 Å². The third kappa shape index (κ3) is 6.94. The summed E-state index contributed by atoms with van der Waals surface area (Å²) >= 11 is 7.53. The number of pyridine rings is 1. The number of halogens is 1. The molecule has 3 N–H and O–H groups in total. The number of hydrogen-bond donors (Lipinski definition) is 3. The lowest BCUT2D eigenvalue weighted by molar-refractivity contribution is 0.0853. The zero-order valence-electron chi connectivity index (χ0n) is 16.1. The van der Waals surface area contributed by atoms with Crippen molar-refractivity contribution >= 4 is 40.6 Å². The van der Waals surface area contributed by atoms with Crippen molar-refractivity contribution in [2.45, 2.75) is 44.3 Å². The van der Waals surface area contributed by atoms with Crippen LogP contribution in [0.1, 0.15) is 50.7 Å². The molecule has 1 aliphatic heterocycles. The third-order valence-corrected chi connectivity index (χ3v) is 4.74. The second kappa shape index (κ2) is 9.71. The van der Waals surface area contributed by atoms with Crippen LogP contribution in [0.15, 0.2) is 34.9 Å². The molecule has 0 atom stereocenters. The van der Waals surface area contributed by atoms with E-state index < -0.39 is 0 Å². The predicted octanol–water partition coefficient (Wildman–Crippen LogP) is 5.70. The Morgan fingerprint density at radius 3 is 2.41 bits per heavy atom. The Labute approximate surface area is 176 Å². The van der Waals surface area contributed by atoms with E-state index in [0.717, 1.165) is 47.2 Å². The molecule has 27 heavy (non-hydrogen) atoms. The van der Waals surface area contributed by atoms with E-state index in [1.807, 2.05) is 6.07 Å². The van der Waals surface area contributed by atoms with E-state index >= 15 is 0 Å². The third-order valence-electron chi connectivity index (χ3n) is 4.11. The van der Waals surface area contributed by atoms with Crippen LogP contribution in [0.5, 0.6) is 0 Å². The fourth-order valence-electron chi connectivity index (χ4n) is 2.87. The number of nitrogen functional groups attached to an aromatic ring is 1. The minimum absolute atomic E-state index is 0.194. The smallest absolute Gasteiger partial charge is 0.137 e. The van der Waals surface area contributed by atoms with Crippen LogP contribution in [0.3, 0.4) is 0 Å². The lowest BCUT2D eigenvalue weighted by Gasteiger charge is -2.24. The number of ether oxygens (including phenoxy) is 1. The molecule has 0 radical (unpaired) electrons. The van der Waals surface area contributed by atoms with E-state index in [1.165, 1.54) is 11.8 Å². The van der Waals surface area contributed by atoms with E-state index in [9.17, 15) is 0 Å². The van der Waals surface area contributed by atoms with Gasteiger partial charge < -0.3 is 15.9 Å². The molecule has 146 valence electrons. The van der Waals surface area contributed by atoms with Gasteiger partial charge in [-0.2, -0.15) is 12.6 Å². The first-order valence-electron chi connectivity index (χ1n) is 9.05. The molecule has 4 nitrogen and oxygen atoms in total. The van der Waals surface area contributed by atoms with Gasteiger partial charge in [-0.15, -0.1) is 0 Å². The zero-order valence-corrected chi connectivity index (χ0v) is 18.6. The molecule has 0 bridgehead atoms. The van der Waals surface area contributed by atoms with Gasteiger partial charge in [-0.05, 0) is 63.5 Å². The van der Waals surface area contributed by atoms with Crippen molar-refractivity contribution in [3.05, 3.63) is 46.1 Å². The van der Waals surface area contributed by atoms with Crippen LogP contribution in [-0.4, -0.2) is 29.2 Å². The van der Waals surface area contributed by atoms with Crippen LogP contribution in [0.25, 0.3) is 11.1 Å². The topological polar surface area (TPSA) is 72.0 Å². The van der Waals surface area contributed by atoms with Crippen molar-refractivity contribution in [1.29, 1.82) is 5.41 Å². The van der Waals surface area contributed by atoms with Gasteiger partial charge in [0.2, 0.25) is 0 Å². The van der Waals surface area contributed by atoms with Crippen LogP contribution >= 0.6 is 28.6 Å². The summed E-state index contributed by atoms with van der Waals surface area (Å²) < 4.78 is 6.41. The van der Waals surface area contributed by atoms with Crippen LogP contribution in [0.2, 0.25) is 0 Å². The normalized spacial score (nSPS) is 15.0. The van der Waals surface area contributed by atoms with Gasteiger partial charge in [0, 0.05) is 35.9 Å². The van der Waals surface area contributed by atoms with E-state index in [-0.39, 0.29) is 4.75 Å². The Morgan fingerprint density at radius 2 is 1.85 bits per heavy atom. The summed E-state index contributed by atoms with van der Waals surface area (Å²) in [6.45, 7) is 7.76. The quantitative estimate of drug-likeness (QED) is 0.415. The minimum atomic E-state index is 0.194. The Balaban J connectivity index is 0.000000465. The highest BCUT2D eigenvalue weighted by atomic mass is 79.9. The van der Waals surface area contributed by atoms with Crippen LogP contribution in [-0.2, 0) is 4.74 Å². The molecule has 0 spiro atoms. The fraction of sp³-hybridized carbons (Fsp3) is 0.429. The lowest BCUT2D eigenvalue weighted by atomic mass is 9.87. The number of nitrogens with two attached hydrogens (primary N) is 1. The summed E-state index contributed by atoms with van der Waals surface area (Å²) in [4.78, 5) is 4.18. The number of rotatable bonds is 3. The van der Waals surface area contributed by atoms with E-state index in [4.69, 9.17) is 15.9 Å². The molecule has 1 aliphatic rings. The summed E-state index contributed by atoms with van der Waals surface area (Å²) in [6, 6.07) is 8.24. The summed E-state index contributed by atoms with van der Waals surface area (Å²) in [6.07, 6.45) is 5.25. The predicted molar refractivity (Wildman–Crippen MR) is 121 cm³/mol. The molecule has 2 heterocycles. The van der Waals surface area contributed by atoms with Gasteiger partial charge in [-0.25, -0.2) is 4.98 Å². The second-order valence-corrected chi connectivity index (χ2v) is 9.83. The lowest BCUT2D eigenvalue weighted by Crippen LogP contribution is -2.15. The average Bonchev–Trinajstić information content (AvgIpc) is 2.63. The summed E-state index contributed by atoms with van der Waals surface area (Å²) in [5.74, 6) is 0.963. The van der Waals surface area contributed by atoms with Crippen molar-refractivity contribution in [2.24, 2.45) is 0 Å². The number of aromatic nitrogens is 1. The monoisotopic (exact) mass is 449 g/mol. The van der Waals surface area contributed by atoms with Crippen LogP contribution in [0.4, 0.5) is 5.82 Å². The maximum atomic E-state index is 7.74. The van der Waals surface area contributed by atoms with E-state index in [1.54, 1.807) is 6.20 Å². The number of benzene rings is 1. The highest BCUT2D eigenvalue weighted by molar-refractivity contribution is 9.10.